The van der Waals surface area contributed by atoms with Crippen LogP contribution in [0.1, 0.15) is 24.8 Å². The Morgan fingerprint density at radius 1 is 1.40 bits per heavy atom. The van der Waals surface area contributed by atoms with E-state index in [0.29, 0.717) is 27.7 Å². The van der Waals surface area contributed by atoms with Gasteiger partial charge in [0.15, 0.2) is 11.5 Å². The molecule has 1 aromatic carbocycles. The van der Waals surface area contributed by atoms with Crippen molar-refractivity contribution in [2.45, 2.75) is 25.3 Å². The number of benzene rings is 1. The number of anilines is 2. The number of halogens is 2. The Hall–Kier alpha value is -2.75. The molecular formula is C20H23ClFN7O. The van der Waals surface area contributed by atoms with Gasteiger partial charge in [0, 0.05) is 24.3 Å². The van der Waals surface area contributed by atoms with Crippen LogP contribution >= 0.6 is 11.6 Å². The van der Waals surface area contributed by atoms with Gasteiger partial charge >= 0.3 is 0 Å². The smallest absolute Gasteiger partial charge is 0.202 e. The largest absolute Gasteiger partial charge is 0.352 e. The van der Waals surface area contributed by atoms with Crippen LogP contribution in [-0.4, -0.2) is 57.1 Å². The Balaban J connectivity index is 1.59. The molecule has 1 aliphatic rings. The highest BCUT2D eigenvalue weighted by atomic mass is 35.5. The first-order chi connectivity index (χ1) is 14.4. The number of likely N-dealkylation sites (tertiary alicyclic amines) is 1. The van der Waals surface area contributed by atoms with Crippen molar-refractivity contribution in [2.24, 2.45) is 0 Å². The van der Waals surface area contributed by atoms with Crippen molar-refractivity contribution in [1.82, 2.24) is 19.9 Å². The third-order valence-corrected chi connectivity index (χ3v) is 5.51. The molecule has 4 rings (SSSR count). The lowest BCUT2D eigenvalue weighted by molar-refractivity contribution is 0.312. The zero-order chi connectivity index (χ0) is 21.3. The van der Waals surface area contributed by atoms with Gasteiger partial charge in [-0.15, -0.1) is 0 Å². The van der Waals surface area contributed by atoms with Crippen LogP contribution in [0.4, 0.5) is 16.0 Å². The van der Waals surface area contributed by atoms with Crippen LogP contribution in [-0.2, 0) is 0 Å². The molecule has 1 fully saturated rings. The number of H-pyrrole nitrogens is 1. The topological polar surface area (TPSA) is 104 Å². The molecule has 158 valence electrons. The van der Waals surface area contributed by atoms with Crippen molar-refractivity contribution in [3.05, 3.63) is 46.9 Å². The first-order valence-corrected chi connectivity index (χ1v) is 10.1. The predicted octanol–water partition coefficient (Wildman–Crippen LogP) is 3.87. The molecule has 3 aromatic rings. The summed E-state index contributed by atoms with van der Waals surface area (Å²) in [6.45, 7) is 2.00. The predicted molar refractivity (Wildman–Crippen MR) is 115 cm³/mol. The van der Waals surface area contributed by atoms with Crippen molar-refractivity contribution in [3.63, 3.8) is 0 Å². The number of likely N-dealkylation sites (N-methyl/N-ethyl adjacent to an activating group) is 1. The molecular weight excluding hydrogens is 409 g/mol. The number of imidazole rings is 1. The van der Waals surface area contributed by atoms with Gasteiger partial charge in [0.1, 0.15) is 5.82 Å². The summed E-state index contributed by atoms with van der Waals surface area (Å²) in [4.78, 5) is 14.3. The number of amidine groups is 1. The van der Waals surface area contributed by atoms with Crippen LogP contribution in [0, 0.1) is 11.2 Å². The number of pyridine rings is 1. The molecule has 1 atom stereocenters. The molecule has 3 heterocycles. The zero-order valence-electron chi connectivity index (χ0n) is 16.5. The third-order valence-electron chi connectivity index (χ3n) is 5.22. The van der Waals surface area contributed by atoms with E-state index in [2.05, 4.69) is 32.2 Å². The maximum absolute atomic E-state index is 13.4. The van der Waals surface area contributed by atoms with Gasteiger partial charge in [0.05, 0.1) is 16.2 Å². The molecule has 2 aromatic heterocycles. The maximum atomic E-state index is 13.4. The minimum atomic E-state index is -0.597. The fourth-order valence-electron chi connectivity index (χ4n) is 3.68. The summed E-state index contributed by atoms with van der Waals surface area (Å²) in [5.41, 5.74) is 1.55. The lowest BCUT2D eigenvalue weighted by Crippen LogP contribution is -2.32. The van der Waals surface area contributed by atoms with E-state index in [9.17, 15) is 9.60 Å². The fraction of sp³-hybridized carbons (Fsp3) is 0.350. The third kappa shape index (κ3) is 4.23. The fourth-order valence-corrected chi connectivity index (χ4v) is 3.85. The van der Waals surface area contributed by atoms with Crippen molar-refractivity contribution in [1.29, 1.82) is 5.41 Å². The number of hydroxylamine groups is 1. The Bertz CT molecular complexity index is 1070. The van der Waals surface area contributed by atoms with Gasteiger partial charge in [-0.25, -0.2) is 14.4 Å². The molecule has 0 aliphatic carbocycles. The highest BCUT2D eigenvalue weighted by Gasteiger charge is 2.20. The number of fused-ring (bicyclic) bond motifs is 1. The number of nitrogens with zero attached hydrogens (tertiary/aromatic N) is 4. The normalized spacial score (nSPS) is 17.7. The van der Waals surface area contributed by atoms with Crippen molar-refractivity contribution in [3.8, 4) is 0 Å². The number of hydrogen-bond donors (Lipinski definition) is 4. The van der Waals surface area contributed by atoms with Gasteiger partial charge in [-0.3, -0.25) is 10.6 Å². The summed E-state index contributed by atoms with van der Waals surface area (Å²) < 4.78 is 13.4. The first kappa shape index (κ1) is 20.5. The summed E-state index contributed by atoms with van der Waals surface area (Å²) in [6, 6.07) is 5.61. The van der Waals surface area contributed by atoms with Crippen LogP contribution in [0.25, 0.3) is 11.2 Å². The lowest BCUT2D eigenvalue weighted by atomic mass is 10.1. The maximum Gasteiger partial charge on any atom is 0.202 e. The number of aromatic nitrogens is 3. The minimum Gasteiger partial charge on any atom is -0.352 e. The highest BCUT2D eigenvalue weighted by molar-refractivity contribution is 6.31. The van der Waals surface area contributed by atoms with Crippen LogP contribution in [0.3, 0.4) is 0 Å². The molecule has 1 aliphatic heterocycles. The molecule has 30 heavy (non-hydrogen) atoms. The van der Waals surface area contributed by atoms with Crippen molar-refractivity contribution >= 4 is 40.2 Å². The van der Waals surface area contributed by atoms with E-state index in [4.69, 9.17) is 17.0 Å². The van der Waals surface area contributed by atoms with E-state index in [-0.39, 0.29) is 22.6 Å². The van der Waals surface area contributed by atoms with E-state index in [0.717, 1.165) is 32.0 Å². The molecule has 10 heteroatoms. The van der Waals surface area contributed by atoms with E-state index in [1.807, 2.05) is 0 Å². The highest BCUT2D eigenvalue weighted by Crippen LogP contribution is 2.25. The van der Waals surface area contributed by atoms with E-state index >= 15 is 0 Å². The average molecular weight is 432 g/mol. The second kappa shape index (κ2) is 8.55. The molecule has 0 spiro atoms. The summed E-state index contributed by atoms with van der Waals surface area (Å²) in [5, 5.41) is 22.9. The Morgan fingerprint density at radius 3 is 3.03 bits per heavy atom. The number of hydrogen-bond acceptors (Lipinski definition) is 6. The number of rotatable bonds is 4. The average Bonchev–Trinajstić information content (AvgIpc) is 3.03. The molecule has 8 nitrogen and oxygen atoms in total. The van der Waals surface area contributed by atoms with Gasteiger partial charge in [0.2, 0.25) is 5.95 Å². The van der Waals surface area contributed by atoms with Crippen molar-refractivity contribution in [2.75, 3.05) is 30.5 Å². The lowest BCUT2D eigenvalue weighted by Gasteiger charge is -2.20. The van der Waals surface area contributed by atoms with E-state index in [1.54, 1.807) is 6.07 Å². The Labute approximate surface area is 178 Å². The summed E-state index contributed by atoms with van der Waals surface area (Å²) in [5.74, 6) is -0.234. The molecule has 1 saturated heterocycles. The van der Waals surface area contributed by atoms with Crippen LogP contribution in [0.15, 0.2) is 30.5 Å². The number of aromatic amines is 1. The number of nitrogens with one attached hydrogen (secondary N) is 3. The monoisotopic (exact) mass is 431 g/mol. The van der Waals surface area contributed by atoms with Gasteiger partial charge in [-0.2, -0.15) is 4.98 Å². The van der Waals surface area contributed by atoms with Crippen LogP contribution in [0.2, 0.25) is 5.02 Å². The molecule has 0 saturated carbocycles. The van der Waals surface area contributed by atoms with Gasteiger partial charge in [-0.05, 0) is 50.7 Å². The SMILES string of the molecule is CN1CCCCC(Nc2nc3nccc(C(=N)N(O)c4ccc(F)c(Cl)c4)c3[nH]2)C1. The Morgan fingerprint density at radius 2 is 2.23 bits per heavy atom. The quantitative estimate of drug-likeness (QED) is 0.284. The Kier molecular flexibility index (Phi) is 5.85. The molecule has 0 bridgehead atoms. The van der Waals surface area contributed by atoms with E-state index in [1.165, 1.54) is 24.8 Å². The second-order valence-electron chi connectivity index (χ2n) is 7.50. The van der Waals surface area contributed by atoms with E-state index < -0.39 is 5.82 Å². The second-order valence-corrected chi connectivity index (χ2v) is 7.91. The summed E-state index contributed by atoms with van der Waals surface area (Å²) in [7, 11) is 2.11. The zero-order valence-corrected chi connectivity index (χ0v) is 17.2. The standard InChI is InChI=1S/C20H23ClFN7O/c1-28-9-3-2-4-12(11-28)25-20-26-17-14(7-8-24-19(17)27-20)18(23)29(30)13-5-6-16(22)15(21)10-13/h5-8,10,12,23,30H,2-4,9,11H2,1H3,(H2,24,25,26,27). The van der Waals surface area contributed by atoms with Gasteiger partial charge in [-0.1, -0.05) is 18.0 Å². The molecule has 0 radical (unpaired) electrons. The summed E-state index contributed by atoms with van der Waals surface area (Å²) >= 11 is 5.80. The molecule has 1 unspecified atom stereocenters. The van der Waals surface area contributed by atoms with Gasteiger partial charge < -0.3 is 15.2 Å². The van der Waals surface area contributed by atoms with Crippen molar-refractivity contribution < 1.29 is 9.60 Å². The van der Waals surface area contributed by atoms with Crippen LogP contribution in [0.5, 0.6) is 0 Å². The summed E-state index contributed by atoms with van der Waals surface area (Å²) in [6.07, 6.45) is 4.91. The molecule has 4 N–H and O–H groups in total. The van der Waals surface area contributed by atoms with Crippen LogP contribution < -0.4 is 10.4 Å². The minimum absolute atomic E-state index is 0.138. The molecule has 0 amide bonds. The first-order valence-electron chi connectivity index (χ1n) is 9.75. The van der Waals surface area contributed by atoms with Gasteiger partial charge in [0.25, 0.3) is 0 Å².